The van der Waals surface area contributed by atoms with Gasteiger partial charge in [-0.3, -0.25) is 9.69 Å². The molecule has 2 aliphatic heterocycles. The summed E-state index contributed by atoms with van der Waals surface area (Å²) < 4.78 is 26.7. The van der Waals surface area contributed by atoms with Crippen LogP contribution in [-0.4, -0.2) is 55.8 Å². The SMILES string of the molecule is C[C@H](C(=O)Nc1ccc(S(=O)(=O)N2CCCC2)cc1)N1CCCCCCC1. The van der Waals surface area contributed by atoms with Gasteiger partial charge in [-0.05, 0) is 70.0 Å². The molecule has 1 amide bonds. The molecule has 27 heavy (non-hydrogen) atoms. The van der Waals surface area contributed by atoms with Crippen LogP contribution in [0, 0.1) is 0 Å². The second-order valence-corrected chi connectivity index (χ2v) is 9.54. The number of nitrogens with zero attached hydrogens (tertiary/aromatic N) is 2. The average molecular weight is 394 g/mol. The van der Waals surface area contributed by atoms with Gasteiger partial charge in [0.2, 0.25) is 15.9 Å². The quantitative estimate of drug-likeness (QED) is 0.835. The second kappa shape index (κ2) is 9.17. The van der Waals surface area contributed by atoms with E-state index in [9.17, 15) is 13.2 Å². The smallest absolute Gasteiger partial charge is 0.243 e. The van der Waals surface area contributed by atoms with E-state index in [-0.39, 0.29) is 11.9 Å². The molecule has 2 aliphatic rings. The molecular formula is C20H31N3O3S. The van der Waals surface area contributed by atoms with Crippen LogP contribution in [0.4, 0.5) is 5.69 Å². The number of benzene rings is 1. The van der Waals surface area contributed by atoms with Gasteiger partial charge in [0.25, 0.3) is 0 Å². The second-order valence-electron chi connectivity index (χ2n) is 7.60. The van der Waals surface area contributed by atoms with E-state index >= 15 is 0 Å². The number of carbonyl (C=O) groups excluding carboxylic acids is 1. The summed E-state index contributed by atoms with van der Waals surface area (Å²) in [6, 6.07) is 6.35. The van der Waals surface area contributed by atoms with Crippen LogP contribution in [0.15, 0.2) is 29.2 Å². The zero-order valence-electron chi connectivity index (χ0n) is 16.2. The Bertz CT molecular complexity index is 719. The third-order valence-electron chi connectivity index (χ3n) is 5.64. The molecule has 3 rings (SSSR count). The van der Waals surface area contributed by atoms with Gasteiger partial charge in [0.05, 0.1) is 10.9 Å². The van der Waals surface area contributed by atoms with Crippen LogP contribution in [0.2, 0.25) is 0 Å². The fraction of sp³-hybridized carbons (Fsp3) is 0.650. The van der Waals surface area contributed by atoms with Crippen molar-refractivity contribution >= 4 is 21.6 Å². The monoisotopic (exact) mass is 393 g/mol. The van der Waals surface area contributed by atoms with E-state index in [1.807, 2.05) is 6.92 Å². The van der Waals surface area contributed by atoms with Crippen molar-refractivity contribution in [3.8, 4) is 0 Å². The Hall–Kier alpha value is -1.44. The van der Waals surface area contributed by atoms with Gasteiger partial charge in [0.15, 0.2) is 0 Å². The Labute approximate surface area is 163 Å². The summed E-state index contributed by atoms with van der Waals surface area (Å²) in [5.41, 5.74) is 0.638. The minimum Gasteiger partial charge on any atom is -0.325 e. The Morgan fingerprint density at radius 1 is 0.889 bits per heavy atom. The Morgan fingerprint density at radius 2 is 1.41 bits per heavy atom. The number of likely N-dealkylation sites (tertiary alicyclic amines) is 1. The van der Waals surface area contributed by atoms with Gasteiger partial charge in [0.1, 0.15) is 0 Å². The first kappa shape index (κ1) is 20.3. The van der Waals surface area contributed by atoms with Crippen LogP contribution in [0.5, 0.6) is 0 Å². The molecule has 1 aromatic carbocycles. The Balaban J connectivity index is 1.60. The van der Waals surface area contributed by atoms with E-state index < -0.39 is 10.0 Å². The molecular weight excluding hydrogens is 362 g/mol. The lowest BCUT2D eigenvalue weighted by Gasteiger charge is -2.29. The summed E-state index contributed by atoms with van der Waals surface area (Å²) in [5.74, 6) is -0.0364. The maximum absolute atomic E-state index is 12.6. The summed E-state index contributed by atoms with van der Waals surface area (Å²) in [6.45, 7) is 5.05. The molecule has 1 N–H and O–H groups in total. The highest BCUT2D eigenvalue weighted by molar-refractivity contribution is 7.89. The number of hydrogen-bond acceptors (Lipinski definition) is 4. The number of carbonyl (C=O) groups is 1. The molecule has 150 valence electrons. The van der Waals surface area contributed by atoms with Crippen LogP contribution in [0.3, 0.4) is 0 Å². The van der Waals surface area contributed by atoms with Gasteiger partial charge in [-0.15, -0.1) is 0 Å². The van der Waals surface area contributed by atoms with Crippen LogP contribution in [-0.2, 0) is 14.8 Å². The topological polar surface area (TPSA) is 69.7 Å². The highest BCUT2D eigenvalue weighted by atomic mass is 32.2. The molecule has 7 heteroatoms. The van der Waals surface area contributed by atoms with Crippen molar-refractivity contribution in [3.05, 3.63) is 24.3 Å². The number of amides is 1. The summed E-state index contributed by atoms with van der Waals surface area (Å²) >= 11 is 0. The average Bonchev–Trinajstić information content (AvgIpc) is 3.17. The first-order chi connectivity index (χ1) is 13.0. The van der Waals surface area contributed by atoms with Crippen LogP contribution < -0.4 is 5.32 Å². The highest BCUT2D eigenvalue weighted by Gasteiger charge is 2.27. The number of rotatable bonds is 5. The molecule has 0 saturated carbocycles. The van der Waals surface area contributed by atoms with E-state index in [1.54, 1.807) is 24.3 Å². The van der Waals surface area contributed by atoms with Crippen molar-refractivity contribution in [1.29, 1.82) is 0 Å². The van der Waals surface area contributed by atoms with Gasteiger partial charge < -0.3 is 5.32 Å². The van der Waals surface area contributed by atoms with Gasteiger partial charge in [-0.25, -0.2) is 8.42 Å². The van der Waals surface area contributed by atoms with E-state index in [0.717, 1.165) is 38.8 Å². The summed E-state index contributed by atoms with van der Waals surface area (Å²) in [6.07, 6.45) is 7.88. The number of sulfonamides is 1. The fourth-order valence-electron chi connectivity index (χ4n) is 3.86. The standard InChI is InChI=1S/C20H31N3O3S/c1-17(22-13-5-3-2-4-6-14-22)20(24)21-18-9-11-19(12-10-18)27(25,26)23-15-7-8-16-23/h9-12,17H,2-8,13-16H2,1H3,(H,21,24)/t17-/m1/s1. The molecule has 0 aromatic heterocycles. The first-order valence-electron chi connectivity index (χ1n) is 10.1. The largest absolute Gasteiger partial charge is 0.325 e. The van der Waals surface area contributed by atoms with Crippen molar-refractivity contribution in [2.24, 2.45) is 0 Å². The third-order valence-corrected chi connectivity index (χ3v) is 7.56. The zero-order chi connectivity index (χ0) is 19.3. The maximum atomic E-state index is 12.6. The van der Waals surface area contributed by atoms with E-state index in [2.05, 4.69) is 10.2 Å². The summed E-state index contributed by atoms with van der Waals surface area (Å²) in [7, 11) is -3.41. The predicted octanol–water partition coefficient (Wildman–Crippen LogP) is 3.06. The van der Waals surface area contributed by atoms with Crippen molar-refractivity contribution in [3.63, 3.8) is 0 Å². The lowest BCUT2D eigenvalue weighted by Crippen LogP contribution is -2.43. The van der Waals surface area contributed by atoms with Gasteiger partial charge in [0, 0.05) is 18.8 Å². The normalized spacial score (nSPS) is 21.4. The number of hydrogen-bond donors (Lipinski definition) is 1. The zero-order valence-corrected chi connectivity index (χ0v) is 17.0. The van der Waals surface area contributed by atoms with Crippen molar-refractivity contribution in [2.45, 2.75) is 62.8 Å². The molecule has 2 fully saturated rings. The van der Waals surface area contributed by atoms with E-state index in [1.165, 1.54) is 23.6 Å². The lowest BCUT2D eigenvalue weighted by atomic mass is 10.1. The van der Waals surface area contributed by atoms with Crippen LogP contribution >= 0.6 is 0 Å². The molecule has 2 heterocycles. The lowest BCUT2D eigenvalue weighted by molar-refractivity contribution is -0.120. The van der Waals surface area contributed by atoms with Gasteiger partial charge >= 0.3 is 0 Å². The van der Waals surface area contributed by atoms with E-state index in [0.29, 0.717) is 23.7 Å². The molecule has 1 aromatic rings. The van der Waals surface area contributed by atoms with Crippen molar-refractivity contribution in [1.82, 2.24) is 9.21 Å². The Morgan fingerprint density at radius 3 is 2.00 bits per heavy atom. The molecule has 0 radical (unpaired) electrons. The minimum absolute atomic E-state index is 0.0364. The van der Waals surface area contributed by atoms with Crippen molar-refractivity contribution in [2.75, 3.05) is 31.5 Å². The van der Waals surface area contributed by atoms with E-state index in [4.69, 9.17) is 0 Å². The van der Waals surface area contributed by atoms with Crippen molar-refractivity contribution < 1.29 is 13.2 Å². The third kappa shape index (κ3) is 5.09. The maximum Gasteiger partial charge on any atom is 0.243 e. The van der Waals surface area contributed by atoms with Gasteiger partial charge in [-0.1, -0.05) is 19.3 Å². The highest BCUT2D eigenvalue weighted by Crippen LogP contribution is 2.22. The van der Waals surface area contributed by atoms with Gasteiger partial charge in [-0.2, -0.15) is 4.31 Å². The molecule has 0 unspecified atom stereocenters. The number of nitrogens with one attached hydrogen (secondary N) is 1. The molecule has 1 atom stereocenters. The first-order valence-corrected chi connectivity index (χ1v) is 11.6. The molecule has 0 bridgehead atoms. The molecule has 2 saturated heterocycles. The Kier molecular flexibility index (Phi) is 6.89. The minimum atomic E-state index is -3.41. The molecule has 6 nitrogen and oxygen atoms in total. The molecule has 0 aliphatic carbocycles. The summed E-state index contributed by atoms with van der Waals surface area (Å²) in [5, 5.41) is 2.93. The number of anilines is 1. The fourth-order valence-corrected chi connectivity index (χ4v) is 5.38. The predicted molar refractivity (Wildman–Crippen MR) is 107 cm³/mol. The van der Waals surface area contributed by atoms with Crippen LogP contribution in [0.1, 0.15) is 51.9 Å². The van der Waals surface area contributed by atoms with Crippen LogP contribution in [0.25, 0.3) is 0 Å². The summed E-state index contributed by atoms with van der Waals surface area (Å²) in [4.78, 5) is 15.2. The molecule has 0 spiro atoms.